The van der Waals surface area contributed by atoms with Crippen molar-refractivity contribution in [3.8, 4) is 0 Å². The van der Waals surface area contributed by atoms with Crippen LogP contribution in [0.15, 0.2) is 35.9 Å². The monoisotopic (exact) mass is 272 g/mol. The van der Waals surface area contributed by atoms with Gasteiger partial charge in [0, 0.05) is 13.1 Å². The van der Waals surface area contributed by atoms with E-state index in [2.05, 4.69) is 49.5 Å². The van der Waals surface area contributed by atoms with E-state index in [9.17, 15) is 0 Å². The minimum Gasteiger partial charge on any atom is -0.329 e. The van der Waals surface area contributed by atoms with Gasteiger partial charge < -0.3 is 11.1 Å². The number of hydrogen-bond donors (Lipinski definition) is 2. The molecule has 0 aliphatic heterocycles. The van der Waals surface area contributed by atoms with Gasteiger partial charge in [0.15, 0.2) is 0 Å². The number of nitrogens with one attached hydrogen (secondary N) is 1. The Morgan fingerprint density at radius 2 is 1.90 bits per heavy atom. The lowest BCUT2D eigenvalue weighted by Crippen LogP contribution is -2.27. The van der Waals surface area contributed by atoms with E-state index in [-0.39, 0.29) is 0 Å². The molecule has 0 spiro atoms. The van der Waals surface area contributed by atoms with Crippen molar-refractivity contribution in [1.29, 1.82) is 0 Å². The second-order valence-corrected chi connectivity index (χ2v) is 6.09. The van der Waals surface area contributed by atoms with Crippen molar-refractivity contribution >= 4 is 0 Å². The van der Waals surface area contributed by atoms with Crippen molar-refractivity contribution < 1.29 is 0 Å². The molecule has 2 heteroatoms. The Bertz CT molecular complexity index is 433. The lowest BCUT2D eigenvalue weighted by molar-refractivity contribution is 0.370. The predicted molar refractivity (Wildman–Crippen MR) is 86.9 cm³/mol. The fourth-order valence-corrected chi connectivity index (χ4v) is 3.15. The van der Waals surface area contributed by atoms with Gasteiger partial charge in [-0.2, -0.15) is 0 Å². The van der Waals surface area contributed by atoms with Gasteiger partial charge in [-0.25, -0.2) is 0 Å². The number of allylic oxidation sites excluding steroid dienone is 2. The highest BCUT2D eigenvalue weighted by Gasteiger charge is 2.25. The van der Waals surface area contributed by atoms with Crippen LogP contribution in [0.25, 0.3) is 0 Å². The number of nitrogens with two attached hydrogens (primary N) is 1. The van der Waals surface area contributed by atoms with Crippen LogP contribution in [0.3, 0.4) is 0 Å². The highest BCUT2D eigenvalue weighted by Crippen LogP contribution is 2.39. The Labute approximate surface area is 123 Å². The van der Waals surface area contributed by atoms with E-state index in [4.69, 9.17) is 5.73 Å². The molecule has 2 atom stereocenters. The van der Waals surface area contributed by atoms with E-state index in [0.717, 1.165) is 25.6 Å². The lowest BCUT2D eigenvalue weighted by atomic mass is 9.74. The van der Waals surface area contributed by atoms with Gasteiger partial charge in [-0.3, -0.25) is 0 Å². The maximum absolute atomic E-state index is 5.53. The smallest absolute Gasteiger partial charge is 0.00745 e. The molecule has 20 heavy (non-hydrogen) atoms. The van der Waals surface area contributed by atoms with E-state index in [1.165, 1.54) is 30.4 Å². The summed E-state index contributed by atoms with van der Waals surface area (Å²) in [6, 6.07) is 9.12. The van der Waals surface area contributed by atoms with Gasteiger partial charge in [-0.05, 0) is 57.1 Å². The van der Waals surface area contributed by atoms with Crippen LogP contribution in [-0.2, 0) is 0 Å². The van der Waals surface area contributed by atoms with Crippen molar-refractivity contribution in [3.63, 3.8) is 0 Å². The molecule has 0 fully saturated rings. The zero-order valence-electron chi connectivity index (χ0n) is 12.9. The quantitative estimate of drug-likeness (QED) is 0.615. The van der Waals surface area contributed by atoms with Crippen LogP contribution < -0.4 is 11.1 Å². The Morgan fingerprint density at radius 1 is 1.15 bits per heavy atom. The van der Waals surface area contributed by atoms with Crippen LogP contribution in [-0.4, -0.2) is 19.6 Å². The van der Waals surface area contributed by atoms with Gasteiger partial charge in [0.05, 0.1) is 0 Å². The molecule has 1 aromatic rings. The molecule has 0 saturated carbocycles. The summed E-state index contributed by atoms with van der Waals surface area (Å²) in [5, 5.41) is 3.43. The van der Waals surface area contributed by atoms with Gasteiger partial charge >= 0.3 is 0 Å². The topological polar surface area (TPSA) is 38.0 Å². The van der Waals surface area contributed by atoms with Gasteiger partial charge in [0.1, 0.15) is 0 Å². The fraction of sp³-hybridized carbons (Fsp3) is 0.556. The van der Waals surface area contributed by atoms with E-state index < -0.39 is 0 Å². The molecule has 0 aromatic heterocycles. The zero-order chi connectivity index (χ0) is 14.4. The maximum atomic E-state index is 5.53. The summed E-state index contributed by atoms with van der Waals surface area (Å²) >= 11 is 0. The first-order chi connectivity index (χ1) is 9.70. The van der Waals surface area contributed by atoms with Gasteiger partial charge in [-0.1, -0.05) is 41.5 Å². The summed E-state index contributed by atoms with van der Waals surface area (Å²) in [4.78, 5) is 0. The van der Waals surface area contributed by atoms with Gasteiger partial charge in [-0.15, -0.1) is 0 Å². The van der Waals surface area contributed by atoms with E-state index >= 15 is 0 Å². The predicted octanol–water partition coefficient (Wildman–Crippen LogP) is 3.37. The molecule has 0 amide bonds. The van der Waals surface area contributed by atoms with Crippen LogP contribution in [0, 0.1) is 12.8 Å². The summed E-state index contributed by atoms with van der Waals surface area (Å²) in [6.45, 7) is 7.16. The molecule has 0 bridgehead atoms. The SMILES string of the molecule is CC1=CC[C@@H](CCNCCN)[C@@H](c2ccc(C)cc2)C1. The average molecular weight is 272 g/mol. The second-order valence-electron chi connectivity index (χ2n) is 6.09. The van der Waals surface area contributed by atoms with Crippen LogP contribution >= 0.6 is 0 Å². The van der Waals surface area contributed by atoms with Crippen molar-refractivity contribution in [3.05, 3.63) is 47.0 Å². The molecular weight excluding hydrogens is 244 g/mol. The van der Waals surface area contributed by atoms with Crippen molar-refractivity contribution in [1.82, 2.24) is 5.32 Å². The Kier molecular flexibility index (Phi) is 5.81. The first-order valence-corrected chi connectivity index (χ1v) is 7.83. The minimum absolute atomic E-state index is 0.681. The molecule has 0 saturated heterocycles. The molecule has 2 rings (SSSR count). The number of aryl methyl sites for hydroxylation is 1. The third kappa shape index (κ3) is 4.19. The zero-order valence-corrected chi connectivity index (χ0v) is 12.9. The van der Waals surface area contributed by atoms with Crippen molar-refractivity contribution in [2.24, 2.45) is 11.7 Å². The van der Waals surface area contributed by atoms with Crippen LogP contribution in [0.4, 0.5) is 0 Å². The van der Waals surface area contributed by atoms with Crippen LogP contribution in [0.5, 0.6) is 0 Å². The number of hydrogen-bond acceptors (Lipinski definition) is 2. The average Bonchev–Trinajstić information content (AvgIpc) is 2.46. The molecule has 1 aliphatic carbocycles. The molecule has 0 radical (unpaired) electrons. The van der Waals surface area contributed by atoms with Gasteiger partial charge in [0.2, 0.25) is 0 Å². The molecule has 110 valence electrons. The third-order valence-corrected chi connectivity index (χ3v) is 4.40. The first kappa shape index (κ1) is 15.3. The Balaban J connectivity index is 2.02. The van der Waals surface area contributed by atoms with Gasteiger partial charge in [0.25, 0.3) is 0 Å². The minimum atomic E-state index is 0.681. The highest BCUT2D eigenvalue weighted by molar-refractivity contribution is 5.28. The summed E-state index contributed by atoms with van der Waals surface area (Å²) in [5.74, 6) is 1.44. The van der Waals surface area contributed by atoms with E-state index in [0.29, 0.717) is 5.92 Å². The van der Waals surface area contributed by atoms with Crippen LogP contribution in [0.2, 0.25) is 0 Å². The van der Waals surface area contributed by atoms with E-state index in [1.54, 1.807) is 5.57 Å². The second kappa shape index (κ2) is 7.61. The van der Waals surface area contributed by atoms with Crippen LogP contribution in [0.1, 0.15) is 43.2 Å². The van der Waals surface area contributed by atoms with E-state index in [1.807, 2.05) is 0 Å². The summed E-state index contributed by atoms with van der Waals surface area (Å²) in [5.41, 5.74) is 9.92. The standard InChI is InChI=1S/C18H28N2/c1-14-3-6-16(7-4-14)18-13-15(2)5-8-17(18)9-11-20-12-10-19/h3-7,17-18,20H,8-13,19H2,1-2H3/t17-,18+/m0/s1. The normalized spacial score (nSPS) is 22.6. The third-order valence-electron chi connectivity index (χ3n) is 4.40. The Morgan fingerprint density at radius 3 is 2.60 bits per heavy atom. The number of rotatable bonds is 6. The largest absolute Gasteiger partial charge is 0.329 e. The maximum Gasteiger partial charge on any atom is 0.00745 e. The molecular formula is C18H28N2. The fourth-order valence-electron chi connectivity index (χ4n) is 3.15. The summed E-state index contributed by atoms with van der Waals surface area (Å²) in [7, 11) is 0. The molecule has 3 N–H and O–H groups in total. The molecule has 0 heterocycles. The molecule has 1 aliphatic rings. The molecule has 0 unspecified atom stereocenters. The summed E-state index contributed by atoms with van der Waals surface area (Å²) < 4.78 is 0. The molecule has 1 aromatic carbocycles. The number of benzene rings is 1. The first-order valence-electron chi connectivity index (χ1n) is 7.83. The lowest BCUT2D eigenvalue weighted by Gasteiger charge is -2.31. The Hall–Kier alpha value is -1.12. The summed E-state index contributed by atoms with van der Waals surface area (Å²) in [6.07, 6.45) is 6.10. The van der Waals surface area contributed by atoms with Crippen molar-refractivity contribution in [2.75, 3.05) is 19.6 Å². The highest BCUT2D eigenvalue weighted by atomic mass is 14.9. The molecule has 2 nitrogen and oxygen atoms in total. The van der Waals surface area contributed by atoms with Crippen molar-refractivity contribution in [2.45, 2.75) is 39.0 Å².